The van der Waals surface area contributed by atoms with Crippen LogP contribution < -0.4 is 0 Å². The summed E-state index contributed by atoms with van der Waals surface area (Å²) in [6.45, 7) is 0.805. The average Bonchev–Trinajstić information content (AvgIpc) is 2.01. The maximum absolute atomic E-state index is 11.4. The number of nitrogens with zero attached hydrogens (tertiary/aromatic N) is 1. The summed E-state index contributed by atoms with van der Waals surface area (Å²) in [6, 6.07) is 0. The molecule has 14 heavy (non-hydrogen) atoms. The van der Waals surface area contributed by atoms with Gasteiger partial charge in [0.2, 0.25) is 5.91 Å². The number of carbonyl (C=O) groups is 1. The molecule has 1 atom stereocenters. The van der Waals surface area contributed by atoms with Crippen molar-refractivity contribution in [2.45, 2.75) is 18.9 Å². The number of amides is 1. The van der Waals surface area contributed by atoms with Gasteiger partial charge in [0.25, 0.3) is 0 Å². The van der Waals surface area contributed by atoms with Crippen molar-refractivity contribution in [3.8, 4) is 0 Å². The second-order valence-corrected chi connectivity index (χ2v) is 5.85. The zero-order valence-corrected chi connectivity index (χ0v) is 8.96. The number of rotatable bonds is 2. The van der Waals surface area contributed by atoms with Crippen LogP contribution in [0.4, 0.5) is 0 Å². The Balaban J connectivity index is 2.52. The van der Waals surface area contributed by atoms with Crippen LogP contribution >= 0.6 is 0 Å². The van der Waals surface area contributed by atoms with E-state index in [1.807, 2.05) is 0 Å². The first-order chi connectivity index (χ1) is 6.38. The molecule has 5 nitrogen and oxygen atoms in total. The van der Waals surface area contributed by atoms with E-state index < -0.39 is 27.6 Å². The van der Waals surface area contributed by atoms with Crippen LogP contribution in [0.3, 0.4) is 0 Å². The highest BCUT2D eigenvalue weighted by molar-refractivity contribution is 7.91. The third-order valence-corrected chi connectivity index (χ3v) is 2.91. The number of piperidine rings is 1. The van der Waals surface area contributed by atoms with Crippen LogP contribution in [0.25, 0.3) is 0 Å². The molecule has 1 unspecified atom stereocenters. The summed E-state index contributed by atoms with van der Waals surface area (Å²) >= 11 is 0. The SMILES string of the molecule is CS(=O)(=O)CC(=O)N1CCCC(O)C1. The van der Waals surface area contributed by atoms with Crippen LogP contribution in [-0.2, 0) is 14.6 Å². The zero-order valence-electron chi connectivity index (χ0n) is 8.14. The first-order valence-corrected chi connectivity index (χ1v) is 6.58. The lowest BCUT2D eigenvalue weighted by Gasteiger charge is -2.29. The predicted octanol–water partition coefficient (Wildman–Crippen LogP) is -0.986. The Morgan fingerprint density at radius 1 is 1.57 bits per heavy atom. The fourth-order valence-electron chi connectivity index (χ4n) is 1.50. The lowest BCUT2D eigenvalue weighted by atomic mass is 10.1. The number of sulfone groups is 1. The number of β-amino-alcohol motifs (C(OH)–C–C–N with tert-alkyl or cyclic N) is 1. The second kappa shape index (κ2) is 4.27. The van der Waals surface area contributed by atoms with Gasteiger partial charge in [0, 0.05) is 19.3 Å². The minimum absolute atomic E-state index is 0.258. The number of carbonyl (C=O) groups excluding carboxylic acids is 1. The van der Waals surface area contributed by atoms with E-state index in [4.69, 9.17) is 0 Å². The number of likely N-dealkylation sites (tertiary alicyclic amines) is 1. The first kappa shape index (κ1) is 11.5. The summed E-state index contributed by atoms with van der Waals surface area (Å²) in [6.07, 6.45) is 1.94. The van der Waals surface area contributed by atoms with Crippen molar-refractivity contribution in [1.29, 1.82) is 0 Å². The Bertz CT molecular complexity index is 311. The molecular formula is C8H15NO4S. The third-order valence-electron chi connectivity index (χ3n) is 2.13. The van der Waals surface area contributed by atoms with Crippen LogP contribution in [0.5, 0.6) is 0 Å². The van der Waals surface area contributed by atoms with Gasteiger partial charge in [0.05, 0.1) is 6.10 Å². The van der Waals surface area contributed by atoms with Crippen molar-refractivity contribution in [2.75, 3.05) is 25.1 Å². The summed E-state index contributed by atoms with van der Waals surface area (Å²) in [7, 11) is -3.26. The standard InChI is InChI=1S/C8H15NO4S/c1-14(12,13)6-8(11)9-4-2-3-7(10)5-9/h7,10H,2-6H2,1H3. The van der Waals surface area contributed by atoms with Crippen LogP contribution in [0, 0.1) is 0 Å². The molecule has 0 saturated carbocycles. The summed E-state index contributed by atoms with van der Waals surface area (Å²) in [4.78, 5) is 12.8. The fourth-order valence-corrected chi connectivity index (χ4v) is 2.13. The van der Waals surface area contributed by atoms with E-state index in [2.05, 4.69) is 0 Å². The molecule has 0 aromatic carbocycles. The molecule has 0 aromatic rings. The number of hydrogen-bond donors (Lipinski definition) is 1. The Morgan fingerprint density at radius 2 is 2.21 bits per heavy atom. The van der Waals surface area contributed by atoms with E-state index in [9.17, 15) is 18.3 Å². The van der Waals surface area contributed by atoms with Crippen LogP contribution in [0.1, 0.15) is 12.8 Å². The van der Waals surface area contributed by atoms with E-state index >= 15 is 0 Å². The molecule has 0 aromatic heterocycles. The monoisotopic (exact) mass is 221 g/mol. The molecule has 0 bridgehead atoms. The van der Waals surface area contributed by atoms with E-state index in [0.717, 1.165) is 12.7 Å². The topological polar surface area (TPSA) is 74.7 Å². The molecule has 82 valence electrons. The van der Waals surface area contributed by atoms with Gasteiger partial charge in [-0.3, -0.25) is 4.79 Å². The molecule has 1 aliphatic heterocycles. The van der Waals surface area contributed by atoms with Gasteiger partial charge in [0.15, 0.2) is 9.84 Å². The van der Waals surface area contributed by atoms with Crippen molar-refractivity contribution in [1.82, 2.24) is 4.90 Å². The molecule has 1 heterocycles. The highest BCUT2D eigenvalue weighted by atomic mass is 32.2. The largest absolute Gasteiger partial charge is 0.391 e. The van der Waals surface area contributed by atoms with Gasteiger partial charge in [-0.15, -0.1) is 0 Å². The summed E-state index contributed by atoms with van der Waals surface area (Å²) in [5.74, 6) is -0.869. The van der Waals surface area contributed by atoms with Crippen molar-refractivity contribution < 1.29 is 18.3 Å². The summed E-state index contributed by atoms with van der Waals surface area (Å²) in [5, 5.41) is 9.28. The van der Waals surface area contributed by atoms with Crippen LogP contribution in [-0.4, -0.2) is 55.5 Å². The molecule has 1 saturated heterocycles. The molecule has 1 aliphatic rings. The normalized spacial score (nSPS) is 23.6. The minimum atomic E-state index is -3.26. The van der Waals surface area contributed by atoms with E-state index in [1.165, 1.54) is 4.90 Å². The summed E-state index contributed by atoms with van der Waals surface area (Å²) in [5.41, 5.74) is 0. The fraction of sp³-hybridized carbons (Fsp3) is 0.875. The minimum Gasteiger partial charge on any atom is -0.391 e. The van der Waals surface area contributed by atoms with Crippen molar-refractivity contribution in [2.24, 2.45) is 0 Å². The molecule has 6 heteroatoms. The van der Waals surface area contributed by atoms with Gasteiger partial charge in [-0.25, -0.2) is 8.42 Å². The predicted molar refractivity (Wildman–Crippen MR) is 51.5 cm³/mol. The van der Waals surface area contributed by atoms with E-state index in [-0.39, 0.29) is 6.54 Å². The average molecular weight is 221 g/mol. The van der Waals surface area contributed by atoms with E-state index in [0.29, 0.717) is 13.0 Å². The van der Waals surface area contributed by atoms with Gasteiger partial charge in [0.1, 0.15) is 5.75 Å². The number of hydrogen-bond acceptors (Lipinski definition) is 4. The van der Waals surface area contributed by atoms with Gasteiger partial charge in [-0.2, -0.15) is 0 Å². The lowest BCUT2D eigenvalue weighted by molar-refractivity contribution is -0.131. The number of aliphatic hydroxyl groups excluding tert-OH is 1. The highest BCUT2D eigenvalue weighted by Gasteiger charge is 2.24. The van der Waals surface area contributed by atoms with Crippen LogP contribution in [0.15, 0.2) is 0 Å². The van der Waals surface area contributed by atoms with Crippen molar-refractivity contribution in [3.63, 3.8) is 0 Å². The molecule has 1 rings (SSSR count). The second-order valence-electron chi connectivity index (χ2n) is 3.71. The Hall–Kier alpha value is -0.620. The zero-order chi connectivity index (χ0) is 10.8. The molecule has 1 amide bonds. The Labute approximate surface area is 83.6 Å². The maximum atomic E-state index is 11.4. The molecule has 1 fully saturated rings. The Kier molecular flexibility index (Phi) is 3.49. The third kappa shape index (κ3) is 3.63. The Morgan fingerprint density at radius 3 is 2.71 bits per heavy atom. The van der Waals surface area contributed by atoms with Crippen molar-refractivity contribution in [3.05, 3.63) is 0 Å². The molecular weight excluding hydrogens is 206 g/mol. The molecule has 0 aliphatic carbocycles. The summed E-state index contributed by atoms with van der Waals surface area (Å²) < 4.78 is 21.7. The molecule has 0 spiro atoms. The molecule has 0 radical (unpaired) electrons. The maximum Gasteiger partial charge on any atom is 0.237 e. The smallest absolute Gasteiger partial charge is 0.237 e. The highest BCUT2D eigenvalue weighted by Crippen LogP contribution is 2.10. The molecule has 1 N–H and O–H groups in total. The van der Waals surface area contributed by atoms with Gasteiger partial charge in [-0.05, 0) is 12.8 Å². The quantitative estimate of drug-likeness (QED) is 0.650. The van der Waals surface area contributed by atoms with E-state index in [1.54, 1.807) is 0 Å². The van der Waals surface area contributed by atoms with Gasteiger partial charge in [-0.1, -0.05) is 0 Å². The lowest BCUT2D eigenvalue weighted by Crippen LogP contribution is -2.44. The first-order valence-electron chi connectivity index (χ1n) is 4.52. The van der Waals surface area contributed by atoms with Crippen molar-refractivity contribution >= 4 is 15.7 Å². The van der Waals surface area contributed by atoms with Crippen LogP contribution in [0.2, 0.25) is 0 Å². The van der Waals surface area contributed by atoms with Gasteiger partial charge >= 0.3 is 0 Å². The number of aliphatic hydroxyl groups is 1. The van der Waals surface area contributed by atoms with Gasteiger partial charge < -0.3 is 10.0 Å².